The minimum atomic E-state index is -4.64. The van der Waals surface area contributed by atoms with Gasteiger partial charge in [0.2, 0.25) is 0 Å². The molecule has 0 aliphatic heterocycles. The van der Waals surface area contributed by atoms with Crippen molar-refractivity contribution < 1.29 is 42.1 Å². The molecule has 9 nitrogen and oxygen atoms in total. The standard InChI is InChI=1S/C76H140NO8P/c1-6-8-10-12-14-16-18-20-22-24-26-28-30-32-34-35-36-37-38-39-40-41-43-45-47-49-51-53-55-57-59-61-63-65-67-69-76(79)85-74(73-84-86(80,81)83-71-70-77(3,4)5)72-82-75(78)68-66-64-62-60-58-56-54-52-50-48-46-44-42-33-31-29-27-25-23-21-19-17-15-13-11-9-7-2/h8,10,14,16,20,22,25-28,32,34,74H,6-7,9,11-13,15,17-19,21,23-24,29-31,33,35-73H2,1-5H3/b10-8-,16-14-,22-20-,27-25-,28-26-,34-32-. The number of allylic oxidation sites excluding steroid dienone is 12. The Bertz CT molecular complexity index is 1680. The second-order valence-electron chi connectivity index (χ2n) is 25.9. The topological polar surface area (TPSA) is 111 Å². The molecule has 0 saturated heterocycles. The summed E-state index contributed by atoms with van der Waals surface area (Å²) in [6.07, 6.45) is 90.0. The third kappa shape index (κ3) is 70.5. The van der Waals surface area contributed by atoms with Crippen LogP contribution in [-0.4, -0.2) is 70.0 Å². The summed E-state index contributed by atoms with van der Waals surface area (Å²) in [5.74, 6) is -0.816. The second kappa shape index (κ2) is 66.9. The number of phosphoric acid groups is 1. The van der Waals surface area contributed by atoms with Gasteiger partial charge < -0.3 is 27.9 Å². The van der Waals surface area contributed by atoms with E-state index in [0.717, 1.165) is 70.6 Å². The van der Waals surface area contributed by atoms with Crippen LogP contribution in [0.15, 0.2) is 72.9 Å². The van der Waals surface area contributed by atoms with Gasteiger partial charge in [0.1, 0.15) is 19.8 Å². The van der Waals surface area contributed by atoms with Gasteiger partial charge in [-0.1, -0.05) is 324 Å². The smallest absolute Gasteiger partial charge is 0.306 e. The quantitative estimate of drug-likeness (QED) is 0.0195. The first-order valence-corrected chi connectivity index (χ1v) is 38.1. The average Bonchev–Trinajstić information content (AvgIpc) is 3.56. The number of quaternary nitrogens is 1. The van der Waals surface area contributed by atoms with E-state index in [0.29, 0.717) is 17.4 Å². The van der Waals surface area contributed by atoms with E-state index in [1.165, 1.54) is 244 Å². The van der Waals surface area contributed by atoms with Crippen LogP contribution < -0.4 is 4.89 Å². The van der Waals surface area contributed by atoms with Crippen LogP contribution >= 0.6 is 7.82 Å². The third-order valence-corrected chi connectivity index (χ3v) is 17.2. The minimum Gasteiger partial charge on any atom is -0.756 e. The third-order valence-electron chi connectivity index (χ3n) is 16.2. The molecule has 0 aliphatic carbocycles. The summed E-state index contributed by atoms with van der Waals surface area (Å²) in [6.45, 7) is 4.18. The summed E-state index contributed by atoms with van der Waals surface area (Å²) in [5, 5.41) is 0. The van der Waals surface area contributed by atoms with Crippen molar-refractivity contribution in [1.82, 2.24) is 0 Å². The van der Waals surface area contributed by atoms with Gasteiger partial charge in [0.15, 0.2) is 6.10 Å². The van der Waals surface area contributed by atoms with Crippen LogP contribution in [0.3, 0.4) is 0 Å². The fourth-order valence-electron chi connectivity index (χ4n) is 10.6. The molecule has 86 heavy (non-hydrogen) atoms. The van der Waals surface area contributed by atoms with Crippen molar-refractivity contribution in [3.8, 4) is 0 Å². The maximum atomic E-state index is 12.9. The number of carbonyl (C=O) groups is 2. The number of nitrogens with zero attached hydrogens (tertiary/aromatic N) is 1. The lowest BCUT2D eigenvalue weighted by Crippen LogP contribution is -2.37. The summed E-state index contributed by atoms with van der Waals surface area (Å²) >= 11 is 0. The molecule has 0 bridgehead atoms. The Hall–Kier alpha value is -2.55. The first-order chi connectivity index (χ1) is 42.0. The molecule has 10 heteroatoms. The number of rotatable bonds is 68. The van der Waals surface area contributed by atoms with E-state index < -0.39 is 26.5 Å². The van der Waals surface area contributed by atoms with Crippen LogP contribution in [0.1, 0.15) is 348 Å². The van der Waals surface area contributed by atoms with Crippen molar-refractivity contribution in [1.29, 1.82) is 0 Å². The van der Waals surface area contributed by atoms with Crippen molar-refractivity contribution in [2.24, 2.45) is 0 Å². The van der Waals surface area contributed by atoms with Crippen LogP contribution in [0, 0.1) is 0 Å². The Balaban J connectivity index is 3.98. The van der Waals surface area contributed by atoms with Crippen LogP contribution in [-0.2, 0) is 32.7 Å². The molecule has 0 amide bonds. The zero-order valence-electron chi connectivity index (χ0n) is 57.3. The van der Waals surface area contributed by atoms with Gasteiger partial charge in [0, 0.05) is 12.8 Å². The fourth-order valence-corrected chi connectivity index (χ4v) is 11.4. The molecule has 0 aromatic heterocycles. The summed E-state index contributed by atoms with van der Waals surface area (Å²) in [6, 6.07) is 0. The molecule has 0 saturated carbocycles. The van der Waals surface area contributed by atoms with E-state index in [-0.39, 0.29) is 32.0 Å². The highest BCUT2D eigenvalue weighted by Gasteiger charge is 2.22. The normalized spacial score (nSPS) is 13.5. The number of hydrogen-bond acceptors (Lipinski definition) is 8. The number of carbonyl (C=O) groups excluding carboxylic acids is 2. The second-order valence-corrected chi connectivity index (χ2v) is 27.3. The summed E-state index contributed by atoms with van der Waals surface area (Å²) in [4.78, 5) is 38.1. The average molecular weight is 1230 g/mol. The summed E-state index contributed by atoms with van der Waals surface area (Å²) in [5.41, 5.74) is 0. The number of esters is 2. The first kappa shape index (κ1) is 83.5. The highest BCUT2D eigenvalue weighted by molar-refractivity contribution is 7.45. The van der Waals surface area contributed by atoms with Crippen LogP contribution in [0.25, 0.3) is 0 Å². The van der Waals surface area contributed by atoms with Crippen LogP contribution in [0.4, 0.5) is 0 Å². The van der Waals surface area contributed by atoms with Crippen LogP contribution in [0.5, 0.6) is 0 Å². The van der Waals surface area contributed by atoms with Crippen molar-refractivity contribution >= 4 is 19.8 Å². The number of phosphoric ester groups is 1. The molecule has 0 fully saturated rings. The Labute approximate surface area is 533 Å². The molecule has 0 N–H and O–H groups in total. The molecule has 0 radical (unpaired) electrons. The van der Waals surface area contributed by atoms with Crippen molar-refractivity contribution in [3.63, 3.8) is 0 Å². The van der Waals surface area contributed by atoms with Gasteiger partial charge in [-0.15, -0.1) is 0 Å². The molecule has 2 unspecified atom stereocenters. The molecule has 0 spiro atoms. The maximum absolute atomic E-state index is 12.9. The Morgan fingerprint density at radius 3 is 1.00 bits per heavy atom. The molecule has 0 heterocycles. The van der Waals surface area contributed by atoms with E-state index in [9.17, 15) is 19.0 Å². The number of ether oxygens (including phenoxy) is 2. The van der Waals surface area contributed by atoms with Gasteiger partial charge in [-0.2, -0.15) is 0 Å². The molecule has 0 rings (SSSR count). The highest BCUT2D eigenvalue weighted by Crippen LogP contribution is 2.38. The predicted molar refractivity (Wildman–Crippen MR) is 370 cm³/mol. The van der Waals surface area contributed by atoms with Crippen molar-refractivity contribution in [2.75, 3.05) is 47.5 Å². The van der Waals surface area contributed by atoms with E-state index in [1.807, 2.05) is 21.1 Å². The summed E-state index contributed by atoms with van der Waals surface area (Å²) < 4.78 is 34.4. The van der Waals surface area contributed by atoms with Gasteiger partial charge in [-0.05, 0) is 83.5 Å². The fraction of sp³-hybridized carbons (Fsp3) is 0.816. The van der Waals surface area contributed by atoms with Crippen molar-refractivity contribution in [3.05, 3.63) is 72.9 Å². The lowest BCUT2D eigenvalue weighted by Gasteiger charge is -2.28. The predicted octanol–water partition coefficient (Wildman–Crippen LogP) is 23.3. The largest absolute Gasteiger partial charge is 0.756 e. The molecular formula is C76H140NO8P. The lowest BCUT2D eigenvalue weighted by atomic mass is 10.0. The Morgan fingerprint density at radius 2 is 0.663 bits per heavy atom. The van der Waals surface area contributed by atoms with Crippen molar-refractivity contribution in [2.45, 2.75) is 354 Å². The SMILES string of the molecule is CC/C=C\C/C=C\C/C=C\C/C=C\C/C=C\CCCCCCCCCCCCCCCCCCCCCC(=O)OC(COC(=O)CCCCCCCCCCCCCCCCC/C=C\CCCCCCCCCC)COP(=O)([O-])OCC[N+](C)(C)C. The maximum Gasteiger partial charge on any atom is 0.306 e. The van der Waals surface area contributed by atoms with E-state index >= 15 is 0 Å². The van der Waals surface area contributed by atoms with E-state index in [1.54, 1.807) is 0 Å². The van der Waals surface area contributed by atoms with Gasteiger partial charge in [-0.3, -0.25) is 14.2 Å². The molecule has 0 aromatic carbocycles. The zero-order valence-corrected chi connectivity index (χ0v) is 58.2. The molecule has 502 valence electrons. The van der Waals surface area contributed by atoms with E-state index in [4.69, 9.17) is 18.5 Å². The monoisotopic (exact) mass is 1230 g/mol. The van der Waals surface area contributed by atoms with E-state index in [2.05, 4.69) is 86.8 Å². The Morgan fingerprint density at radius 1 is 0.372 bits per heavy atom. The number of unbranched alkanes of at least 4 members (excludes halogenated alkanes) is 42. The molecule has 2 atom stereocenters. The van der Waals surface area contributed by atoms with Gasteiger partial charge in [-0.25, -0.2) is 0 Å². The molecule has 0 aromatic rings. The van der Waals surface area contributed by atoms with Gasteiger partial charge in [0.25, 0.3) is 7.82 Å². The van der Waals surface area contributed by atoms with Crippen LogP contribution in [0.2, 0.25) is 0 Å². The minimum absolute atomic E-state index is 0.0299. The highest BCUT2D eigenvalue weighted by atomic mass is 31.2. The van der Waals surface area contributed by atoms with Gasteiger partial charge >= 0.3 is 11.9 Å². The summed E-state index contributed by atoms with van der Waals surface area (Å²) in [7, 11) is 1.18. The Kier molecular flexibility index (Phi) is 64.9. The van der Waals surface area contributed by atoms with Gasteiger partial charge in [0.05, 0.1) is 27.7 Å². The molecule has 0 aliphatic rings. The number of hydrogen-bond donors (Lipinski definition) is 0. The lowest BCUT2D eigenvalue weighted by molar-refractivity contribution is -0.870. The zero-order chi connectivity index (χ0) is 62.6. The first-order valence-electron chi connectivity index (χ1n) is 36.6. The molecular weight excluding hydrogens is 1090 g/mol. The number of likely N-dealkylation sites (N-methyl/N-ethyl adjacent to an activating group) is 1.